The normalized spacial score (nSPS) is 10.8. The van der Waals surface area contributed by atoms with Crippen LogP contribution in [0.25, 0.3) is 17.0 Å². The molecular weight excluding hydrogens is 323 g/mol. The van der Waals surface area contributed by atoms with Crippen molar-refractivity contribution in [1.82, 2.24) is 25.1 Å². The summed E-state index contributed by atoms with van der Waals surface area (Å²) >= 11 is 0. The highest BCUT2D eigenvalue weighted by molar-refractivity contribution is 5.81. The summed E-state index contributed by atoms with van der Waals surface area (Å²) < 4.78 is 15.6. The lowest BCUT2D eigenvalue weighted by atomic mass is 10.2. The topological polar surface area (TPSA) is 75.4 Å². The Hall–Kier alpha value is -3.03. The van der Waals surface area contributed by atoms with Crippen LogP contribution >= 0.6 is 0 Å². The maximum atomic E-state index is 14.1. The Bertz CT molecular complexity index is 894. The summed E-state index contributed by atoms with van der Waals surface area (Å²) in [7, 11) is 0. The quantitative estimate of drug-likeness (QED) is 0.740. The first-order valence-electron chi connectivity index (χ1n) is 8.13. The van der Waals surface area contributed by atoms with Gasteiger partial charge in [-0.05, 0) is 38.1 Å². The smallest absolute Gasteiger partial charge is 0.239 e. The van der Waals surface area contributed by atoms with E-state index in [1.54, 1.807) is 30.3 Å². The van der Waals surface area contributed by atoms with Crippen LogP contribution in [0.5, 0.6) is 0 Å². The number of aromatic nitrogens is 4. The number of amides is 1. The zero-order valence-electron chi connectivity index (χ0n) is 14.1. The minimum atomic E-state index is -0.390. The molecule has 0 bridgehead atoms. The van der Waals surface area contributed by atoms with Crippen molar-refractivity contribution in [3.8, 4) is 11.4 Å². The summed E-state index contributed by atoms with van der Waals surface area (Å²) in [4.78, 5) is 13.7. The molecular formula is C17H19FN6O. The molecule has 8 heteroatoms. The number of hydrogen-bond acceptors (Lipinski definition) is 5. The number of benzene rings is 1. The van der Waals surface area contributed by atoms with Gasteiger partial charge >= 0.3 is 0 Å². The highest BCUT2D eigenvalue weighted by Gasteiger charge is 2.16. The monoisotopic (exact) mass is 342 g/mol. The summed E-state index contributed by atoms with van der Waals surface area (Å²) in [5, 5.41) is 15.4. The number of carbonyl (C=O) groups excluding carboxylic acids is 1. The van der Waals surface area contributed by atoms with Crippen LogP contribution in [0.4, 0.5) is 10.2 Å². The molecule has 3 aromatic rings. The Morgan fingerprint density at radius 1 is 1.20 bits per heavy atom. The molecule has 0 atom stereocenters. The standard InChI is InChI=1S/C17H19FN6O/c1-3-19-16(25)11-23(4-2)15-10-9-14-20-21-17(24(14)22-15)12-7-5-6-8-13(12)18/h5-10H,3-4,11H2,1-2H3,(H,19,25). The molecule has 25 heavy (non-hydrogen) atoms. The molecule has 0 radical (unpaired) electrons. The number of carbonyl (C=O) groups is 1. The molecule has 0 aliphatic heterocycles. The zero-order chi connectivity index (χ0) is 17.8. The van der Waals surface area contributed by atoms with E-state index in [9.17, 15) is 9.18 Å². The largest absolute Gasteiger partial charge is 0.355 e. The van der Waals surface area contributed by atoms with E-state index in [0.29, 0.717) is 35.9 Å². The average molecular weight is 342 g/mol. The van der Waals surface area contributed by atoms with Gasteiger partial charge in [-0.2, -0.15) is 4.52 Å². The van der Waals surface area contributed by atoms with E-state index in [2.05, 4.69) is 20.6 Å². The van der Waals surface area contributed by atoms with Gasteiger partial charge in [0.2, 0.25) is 5.91 Å². The number of halogens is 1. The molecule has 2 heterocycles. The zero-order valence-corrected chi connectivity index (χ0v) is 14.1. The van der Waals surface area contributed by atoms with E-state index in [4.69, 9.17) is 0 Å². The molecule has 0 aliphatic rings. The second kappa shape index (κ2) is 7.25. The molecule has 0 aliphatic carbocycles. The van der Waals surface area contributed by atoms with Gasteiger partial charge in [-0.3, -0.25) is 4.79 Å². The van der Waals surface area contributed by atoms with Crippen molar-refractivity contribution in [2.24, 2.45) is 0 Å². The minimum Gasteiger partial charge on any atom is -0.355 e. The van der Waals surface area contributed by atoms with E-state index in [1.165, 1.54) is 10.6 Å². The fourth-order valence-electron chi connectivity index (χ4n) is 2.54. The Kier molecular flexibility index (Phi) is 4.87. The summed E-state index contributed by atoms with van der Waals surface area (Å²) in [6.45, 7) is 5.18. The lowest BCUT2D eigenvalue weighted by Crippen LogP contribution is -2.37. The van der Waals surface area contributed by atoms with Crippen molar-refractivity contribution in [3.63, 3.8) is 0 Å². The second-order valence-corrected chi connectivity index (χ2v) is 5.43. The predicted molar refractivity (Wildman–Crippen MR) is 92.7 cm³/mol. The van der Waals surface area contributed by atoms with Crippen molar-refractivity contribution in [2.45, 2.75) is 13.8 Å². The molecule has 1 aromatic carbocycles. The number of nitrogens with one attached hydrogen (secondary N) is 1. The van der Waals surface area contributed by atoms with Crippen LogP contribution in [-0.2, 0) is 4.79 Å². The fraction of sp³-hybridized carbons (Fsp3) is 0.294. The first kappa shape index (κ1) is 16.8. The average Bonchev–Trinajstić information content (AvgIpc) is 3.03. The number of hydrogen-bond donors (Lipinski definition) is 1. The Labute approximate surface area is 144 Å². The summed E-state index contributed by atoms with van der Waals surface area (Å²) in [6, 6.07) is 9.88. The molecule has 7 nitrogen and oxygen atoms in total. The van der Waals surface area contributed by atoms with Crippen LogP contribution in [0.2, 0.25) is 0 Å². The number of fused-ring (bicyclic) bond motifs is 1. The third-order valence-electron chi connectivity index (χ3n) is 3.78. The predicted octanol–water partition coefficient (Wildman–Crippen LogP) is 1.89. The van der Waals surface area contributed by atoms with E-state index < -0.39 is 5.82 Å². The van der Waals surface area contributed by atoms with Crippen LogP contribution in [0.3, 0.4) is 0 Å². The molecule has 1 N–H and O–H groups in total. The first-order valence-corrected chi connectivity index (χ1v) is 8.13. The van der Waals surface area contributed by atoms with Crippen LogP contribution in [0.15, 0.2) is 36.4 Å². The molecule has 0 fully saturated rings. The van der Waals surface area contributed by atoms with Gasteiger partial charge in [-0.15, -0.1) is 15.3 Å². The van der Waals surface area contributed by atoms with E-state index in [0.717, 1.165) is 0 Å². The highest BCUT2D eigenvalue weighted by atomic mass is 19.1. The minimum absolute atomic E-state index is 0.0793. The molecule has 0 spiro atoms. The van der Waals surface area contributed by atoms with Crippen molar-refractivity contribution < 1.29 is 9.18 Å². The van der Waals surface area contributed by atoms with Gasteiger partial charge < -0.3 is 10.2 Å². The number of anilines is 1. The molecule has 2 aromatic heterocycles. The summed E-state index contributed by atoms with van der Waals surface area (Å²) in [5.41, 5.74) is 0.836. The molecule has 0 saturated heterocycles. The molecule has 0 unspecified atom stereocenters. The van der Waals surface area contributed by atoms with Crippen LogP contribution in [0, 0.1) is 5.82 Å². The summed E-state index contributed by atoms with van der Waals surface area (Å²) in [6.07, 6.45) is 0. The van der Waals surface area contributed by atoms with Gasteiger partial charge in [0.1, 0.15) is 11.6 Å². The molecule has 130 valence electrons. The third-order valence-corrected chi connectivity index (χ3v) is 3.78. The van der Waals surface area contributed by atoms with Gasteiger partial charge in [-0.1, -0.05) is 12.1 Å². The molecule has 1 amide bonds. The first-order chi connectivity index (χ1) is 12.1. The molecule has 3 rings (SSSR count). The van der Waals surface area contributed by atoms with Crippen LogP contribution in [0.1, 0.15) is 13.8 Å². The van der Waals surface area contributed by atoms with Gasteiger partial charge in [0, 0.05) is 13.1 Å². The highest BCUT2D eigenvalue weighted by Crippen LogP contribution is 2.22. The van der Waals surface area contributed by atoms with Crippen molar-refractivity contribution in [3.05, 3.63) is 42.2 Å². The lowest BCUT2D eigenvalue weighted by Gasteiger charge is -2.21. The maximum Gasteiger partial charge on any atom is 0.239 e. The Morgan fingerprint density at radius 3 is 2.72 bits per heavy atom. The lowest BCUT2D eigenvalue weighted by molar-refractivity contribution is -0.119. The number of nitrogens with zero attached hydrogens (tertiary/aromatic N) is 5. The van der Waals surface area contributed by atoms with Gasteiger partial charge in [0.05, 0.1) is 12.1 Å². The van der Waals surface area contributed by atoms with Crippen molar-refractivity contribution in [2.75, 3.05) is 24.5 Å². The Morgan fingerprint density at radius 2 is 2.00 bits per heavy atom. The SMILES string of the molecule is CCNC(=O)CN(CC)c1ccc2nnc(-c3ccccc3F)n2n1. The second-order valence-electron chi connectivity index (χ2n) is 5.43. The molecule has 0 saturated carbocycles. The van der Waals surface area contributed by atoms with E-state index >= 15 is 0 Å². The summed E-state index contributed by atoms with van der Waals surface area (Å²) in [5.74, 6) is 0.450. The van der Waals surface area contributed by atoms with E-state index in [1.807, 2.05) is 18.7 Å². The van der Waals surface area contributed by atoms with Gasteiger partial charge in [-0.25, -0.2) is 4.39 Å². The third kappa shape index (κ3) is 3.42. The Balaban J connectivity index is 2.00. The number of rotatable bonds is 6. The van der Waals surface area contributed by atoms with Gasteiger partial charge in [0.25, 0.3) is 0 Å². The number of likely N-dealkylation sites (N-methyl/N-ethyl adjacent to an activating group) is 2. The van der Waals surface area contributed by atoms with Crippen LogP contribution < -0.4 is 10.2 Å². The van der Waals surface area contributed by atoms with Crippen LogP contribution in [-0.4, -0.2) is 45.4 Å². The fourth-order valence-corrected chi connectivity index (χ4v) is 2.54. The maximum absolute atomic E-state index is 14.1. The van der Waals surface area contributed by atoms with Crippen molar-refractivity contribution >= 4 is 17.4 Å². The van der Waals surface area contributed by atoms with Gasteiger partial charge in [0.15, 0.2) is 11.5 Å². The van der Waals surface area contributed by atoms with E-state index in [-0.39, 0.29) is 12.5 Å². The van der Waals surface area contributed by atoms with Crippen molar-refractivity contribution in [1.29, 1.82) is 0 Å².